The Morgan fingerprint density at radius 2 is 2.10 bits per heavy atom. The van der Waals surface area contributed by atoms with Crippen molar-refractivity contribution in [1.82, 2.24) is 25.1 Å². The number of anilines is 3. The molecule has 1 amide bonds. The van der Waals surface area contributed by atoms with Crippen LogP contribution in [0.2, 0.25) is 0 Å². The van der Waals surface area contributed by atoms with Gasteiger partial charge in [0.1, 0.15) is 5.82 Å². The molecule has 3 heterocycles. The lowest BCUT2D eigenvalue weighted by Crippen LogP contribution is -2.39. The van der Waals surface area contributed by atoms with Crippen LogP contribution < -0.4 is 16.0 Å². The van der Waals surface area contributed by atoms with Gasteiger partial charge in [-0.25, -0.2) is 4.98 Å². The van der Waals surface area contributed by atoms with E-state index in [1.54, 1.807) is 22.2 Å². The molecule has 0 bridgehead atoms. The quantitative estimate of drug-likeness (QED) is 0.408. The fraction of sp³-hybridized carbons (Fsp3) is 0.400. The van der Waals surface area contributed by atoms with Crippen LogP contribution in [0.3, 0.4) is 0 Å². The van der Waals surface area contributed by atoms with Gasteiger partial charge in [0.25, 0.3) is 0 Å². The number of thiophene rings is 1. The zero-order valence-corrected chi connectivity index (χ0v) is 17.4. The molecule has 1 aliphatic rings. The maximum atomic E-state index is 11.5. The molecule has 0 spiro atoms. The normalized spacial score (nSPS) is 18.8. The molecule has 4 rings (SSSR count). The van der Waals surface area contributed by atoms with Crippen molar-refractivity contribution >= 4 is 44.9 Å². The standard InChI is InChI=1S/C20H25N7O2S/c1-2-17(29)22-13-3-5-14(6-4-13)23-19-18-16(7-10-30-18)25-20(26-19)24-15-11-21-27(12-15)8-9-28/h2,7,10-14,28H,1,3-6,8-9H2,(H,22,29)(H2,23,24,25,26). The molecule has 9 nitrogen and oxygen atoms in total. The van der Waals surface area contributed by atoms with E-state index in [1.807, 2.05) is 17.6 Å². The lowest BCUT2D eigenvalue weighted by atomic mass is 9.91. The van der Waals surface area contributed by atoms with E-state index in [0.29, 0.717) is 18.5 Å². The number of nitrogens with zero attached hydrogens (tertiary/aromatic N) is 4. The van der Waals surface area contributed by atoms with Gasteiger partial charge in [-0.15, -0.1) is 11.3 Å². The summed E-state index contributed by atoms with van der Waals surface area (Å²) in [5, 5.41) is 25.0. The van der Waals surface area contributed by atoms with Crippen molar-refractivity contribution in [2.45, 2.75) is 44.3 Å². The van der Waals surface area contributed by atoms with Gasteiger partial charge in [0.05, 0.1) is 35.3 Å². The largest absolute Gasteiger partial charge is 0.394 e. The zero-order valence-electron chi connectivity index (χ0n) is 16.5. The van der Waals surface area contributed by atoms with Crippen LogP contribution in [0.1, 0.15) is 25.7 Å². The molecule has 0 saturated heterocycles. The molecule has 0 aliphatic heterocycles. The van der Waals surface area contributed by atoms with Crippen molar-refractivity contribution in [3.05, 3.63) is 36.5 Å². The summed E-state index contributed by atoms with van der Waals surface area (Å²) < 4.78 is 2.69. The summed E-state index contributed by atoms with van der Waals surface area (Å²) in [5.41, 5.74) is 1.65. The number of nitrogens with one attached hydrogen (secondary N) is 3. The first-order valence-corrected chi connectivity index (χ1v) is 10.9. The van der Waals surface area contributed by atoms with E-state index < -0.39 is 0 Å². The number of rotatable bonds is 8. The van der Waals surface area contributed by atoms with Gasteiger partial charge in [0.2, 0.25) is 11.9 Å². The first-order valence-electron chi connectivity index (χ1n) is 9.99. The van der Waals surface area contributed by atoms with Crippen LogP contribution in [0.15, 0.2) is 36.5 Å². The number of amides is 1. The van der Waals surface area contributed by atoms with E-state index in [0.717, 1.165) is 47.4 Å². The number of aromatic nitrogens is 4. The maximum Gasteiger partial charge on any atom is 0.243 e. The van der Waals surface area contributed by atoms with Crippen molar-refractivity contribution in [2.24, 2.45) is 0 Å². The molecule has 0 aromatic carbocycles. The van der Waals surface area contributed by atoms with Gasteiger partial charge < -0.3 is 21.1 Å². The van der Waals surface area contributed by atoms with Gasteiger partial charge in [0, 0.05) is 18.3 Å². The Labute approximate surface area is 178 Å². The molecule has 3 aromatic heterocycles. The second kappa shape index (κ2) is 9.23. The molecular formula is C20H25N7O2S. The topological polar surface area (TPSA) is 117 Å². The molecule has 0 unspecified atom stereocenters. The first-order chi connectivity index (χ1) is 14.6. The van der Waals surface area contributed by atoms with Crippen LogP contribution in [0.4, 0.5) is 17.5 Å². The molecule has 3 aromatic rings. The average Bonchev–Trinajstić information content (AvgIpc) is 3.39. The molecule has 10 heteroatoms. The zero-order chi connectivity index (χ0) is 20.9. The van der Waals surface area contributed by atoms with Crippen molar-refractivity contribution in [3.63, 3.8) is 0 Å². The fourth-order valence-corrected chi connectivity index (χ4v) is 4.42. The van der Waals surface area contributed by atoms with E-state index in [4.69, 9.17) is 10.1 Å². The van der Waals surface area contributed by atoms with Gasteiger partial charge in [-0.05, 0) is 43.2 Å². The summed E-state index contributed by atoms with van der Waals surface area (Å²) in [7, 11) is 0. The third-order valence-corrected chi connectivity index (χ3v) is 6.03. The predicted octanol–water partition coefficient (Wildman–Crippen LogP) is 2.65. The summed E-state index contributed by atoms with van der Waals surface area (Å²) >= 11 is 1.61. The van der Waals surface area contributed by atoms with Gasteiger partial charge in [-0.1, -0.05) is 6.58 Å². The van der Waals surface area contributed by atoms with E-state index >= 15 is 0 Å². The highest BCUT2D eigenvalue weighted by atomic mass is 32.1. The number of carbonyl (C=O) groups excluding carboxylic acids is 1. The van der Waals surface area contributed by atoms with E-state index in [2.05, 4.69) is 32.6 Å². The van der Waals surface area contributed by atoms with E-state index in [-0.39, 0.29) is 18.6 Å². The van der Waals surface area contributed by atoms with Crippen molar-refractivity contribution in [1.29, 1.82) is 0 Å². The Hall–Kier alpha value is -2.98. The first kappa shape index (κ1) is 20.3. The minimum absolute atomic E-state index is 0.0338. The van der Waals surface area contributed by atoms with E-state index in [9.17, 15) is 4.79 Å². The second-order valence-electron chi connectivity index (χ2n) is 7.28. The summed E-state index contributed by atoms with van der Waals surface area (Å²) in [5.74, 6) is 1.21. The van der Waals surface area contributed by atoms with Crippen molar-refractivity contribution < 1.29 is 9.90 Å². The summed E-state index contributed by atoms with van der Waals surface area (Å²) in [6, 6.07) is 2.48. The number of aliphatic hydroxyl groups is 1. The molecule has 1 fully saturated rings. The monoisotopic (exact) mass is 427 g/mol. The third kappa shape index (κ3) is 4.77. The lowest BCUT2D eigenvalue weighted by Gasteiger charge is -2.29. The van der Waals surface area contributed by atoms with Crippen LogP contribution in [0.5, 0.6) is 0 Å². The average molecular weight is 428 g/mol. The Morgan fingerprint density at radius 3 is 2.87 bits per heavy atom. The molecule has 1 saturated carbocycles. The van der Waals surface area contributed by atoms with Crippen molar-refractivity contribution in [2.75, 3.05) is 17.2 Å². The summed E-state index contributed by atoms with van der Waals surface area (Å²) in [6.45, 7) is 3.98. The maximum absolute atomic E-state index is 11.5. The smallest absolute Gasteiger partial charge is 0.243 e. The number of aliphatic hydroxyl groups excluding tert-OH is 1. The Kier molecular flexibility index (Phi) is 6.24. The minimum atomic E-state index is -0.111. The van der Waals surface area contributed by atoms with Gasteiger partial charge in [-0.2, -0.15) is 10.1 Å². The third-order valence-electron chi connectivity index (χ3n) is 5.12. The summed E-state index contributed by atoms with van der Waals surface area (Å²) in [4.78, 5) is 20.8. The highest BCUT2D eigenvalue weighted by molar-refractivity contribution is 7.17. The highest BCUT2D eigenvalue weighted by Crippen LogP contribution is 2.30. The summed E-state index contributed by atoms with van der Waals surface area (Å²) in [6.07, 6.45) is 8.56. The Morgan fingerprint density at radius 1 is 1.30 bits per heavy atom. The number of fused-ring (bicyclic) bond motifs is 1. The molecular weight excluding hydrogens is 402 g/mol. The van der Waals surface area contributed by atoms with Crippen LogP contribution in [-0.4, -0.2) is 49.5 Å². The Balaban J connectivity index is 1.45. The van der Waals surface area contributed by atoms with Gasteiger partial charge in [-0.3, -0.25) is 9.48 Å². The predicted molar refractivity (Wildman–Crippen MR) is 118 cm³/mol. The van der Waals surface area contributed by atoms with Crippen molar-refractivity contribution in [3.8, 4) is 0 Å². The molecule has 30 heavy (non-hydrogen) atoms. The van der Waals surface area contributed by atoms with E-state index in [1.165, 1.54) is 6.08 Å². The number of hydrogen-bond donors (Lipinski definition) is 4. The highest BCUT2D eigenvalue weighted by Gasteiger charge is 2.23. The molecule has 158 valence electrons. The van der Waals surface area contributed by atoms with Crippen LogP contribution >= 0.6 is 11.3 Å². The van der Waals surface area contributed by atoms with Crippen LogP contribution in [0, 0.1) is 0 Å². The minimum Gasteiger partial charge on any atom is -0.394 e. The molecule has 0 radical (unpaired) electrons. The Bertz CT molecular complexity index is 1020. The van der Waals surface area contributed by atoms with Crippen LogP contribution in [-0.2, 0) is 11.3 Å². The fourth-order valence-electron chi connectivity index (χ4n) is 3.63. The molecule has 0 atom stereocenters. The van der Waals surface area contributed by atoms with Gasteiger partial charge >= 0.3 is 0 Å². The van der Waals surface area contributed by atoms with Crippen LogP contribution in [0.25, 0.3) is 10.2 Å². The molecule has 1 aliphatic carbocycles. The lowest BCUT2D eigenvalue weighted by molar-refractivity contribution is -0.117. The van der Waals surface area contributed by atoms with Gasteiger partial charge in [0.15, 0.2) is 0 Å². The SMILES string of the molecule is C=CC(=O)NC1CCC(Nc2nc(Nc3cnn(CCO)c3)nc3ccsc23)CC1. The second-order valence-corrected chi connectivity index (χ2v) is 8.19. The molecule has 4 N–H and O–H groups in total. The number of carbonyl (C=O) groups is 1. The number of hydrogen-bond acceptors (Lipinski definition) is 8.